The van der Waals surface area contributed by atoms with Crippen molar-refractivity contribution in [3.8, 4) is 0 Å². The molecule has 2 bridgehead atoms. The smallest absolute Gasteiger partial charge is 0.226 e. The van der Waals surface area contributed by atoms with E-state index in [0.29, 0.717) is 37.2 Å². The van der Waals surface area contributed by atoms with Crippen molar-refractivity contribution in [3.63, 3.8) is 0 Å². The fraction of sp³-hybridized carbons (Fsp3) is 0.643. The van der Waals surface area contributed by atoms with E-state index in [4.69, 9.17) is 27.9 Å². The van der Waals surface area contributed by atoms with Crippen molar-refractivity contribution in [3.05, 3.63) is 11.1 Å². The molecule has 1 N–H and O–H groups in total. The Morgan fingerprint density at radius 2 is 2.09 bits per heavy atom. The molecule has 0 unspecified atom stereocenters. The monoisotopic (exact) mass is 341 g/mol. The normalized spacial score (nSPS) is 23.3. The largest absolute Gasteiger partial charge is 0.380 e. The Bertz CT molecular complexity index is 685. The molecule has 4 heterocycles. The summed E-state index contributed by atoms with van der Waals surface area (Å²) in [5.41, 5.74) is 1.51. The zero-order valence-electron chi connectivity index (χ0n) is 12.1. The first-order valence-electron chi connectivity index (χ1n) is 7.57. The van der Waals surface area contributed by atoms with Crippen molar-refractivity contribution in [2.45, 2.75) is 25.3 Å². The summed E-state index contributed by atoms with van der Waals surface area (Å²) in [6, 6.07) is 0.589. The zero-order chi connectivity index (χ0) is 15.1. The van der Waals surface area contributed by atoms with Crippen LogP contribution in [0.1, 0.15) is 18.7 Å². The topological polar surface area (TPSA) is 66.9 Å². The van der Waals surface area contributed by atoms with Gasteiger partial charge in [-0.25, -0.2) is 4.98 Å². The molecule has 1 saturated carbocycles. The van der Waals surface area contributed by atoms with Crippen molar-refractivity contribution in [2.75, 3.05) is 30.5 Å². The lowest BCUT2D eigenvalue weighted by atomic mass is 9.86. The Labute approximate surface area is 138 Å². The van der Waals surface area contributed by atoms with Gasteiger partial charge < -0.3 is 14.6 Å². The number of halogens is 2. The Morgan fingerprint density at radius 1 is 1.23 bits per heavy atom. The van der Waals surface area contributed by atoms with E-state index in [1.165, 1.54) is 12.8 Å². The van der Waals surface area contributed by atoms with Gasteiger partial charge in [-0.2, -0.15) is 9.97 Å². The predicted octanol–water partition coefficient (Wildman–Crippen LogP) is 2.40. The first kappa shape index (κ1) is 14.5. The number of fused-ring (bicyclic) bond motifs is 2. The molecule has 2 aliphatic heterocycles. The lowest BCUT2D eigenvalue weighted by molar-refractivity contribution is 0.151. The summed E-state index contributed by atoms with van der Waals surface area (Å²) >= 11 is 11.7. The molecule has 1 aliphatic carbocycles. The van der Waals surface area contributed by atoms with Crippen LogP contribution in [0.4, 0.5) is 5.82 Å². The van der Waals surface area contributed by atoms with Crippen LogP contribution in [0.2, 0.25) is 5.28 Å². The Kier molecular flexibility index (Phi) is 3.84. The van der Waals surface area contributed by atoms with E-state index in [1.807, 2.05) is 0 Å². The van der Waals surface area contributed by atoms with Gasteiger partial charge in [-0.3, -0.25) is 0 Å². The third kappa shape index (κ3) is 2.53. The average Bonchev–Trinajstić information content (AvgIpc) is 3.14. The Morgan fingerprint density at radius 3 is 2.82 bits per heavy atom. The summed E-state index contributed by atoms with van der Waals surface area (Å²) in [6.45, 7) is 2.18. The zero-order valence-corrected chi connectivity index (χ0v) is 13.6. The number of hydrogen-bond donors (Lipinski definition) is 1. The molecule has 118 valence electrons. The number of H-pyrrole nitrogens is 1. The molecule has 22 heavy (non-hydrogen) atoms. The van der Waals surface area contributed by atoms with Gasteiger partial charge in [-0.1, -0.05) is 0 Å². The van der Waals surface area contributed by atoms with Crippen LogP contribution in [-0.2, 0) is 11.2 Å². The van der Waals surface area contributed by atoms with E-state index in [1.54, 1.807) is 0 Å². The molecule has 0 radical (unpaired) electrons. The molecule has 0 amide bonds. The molecule has 2 aromatic rings. The third-order valence-corrected chi connectivity index (χ3v) is 4.75. The fourth-order valence-corrected chi connectivity index (χ4v) is 3.61. The number of aromatic nitrogens is 4. The summed E-state index contributed by atoms with van der Waals surface area (Å²) in [5.74, 6) is 3.01. The second kappa shape index (κ2) is 5.83. The molecule has 8 heteroatoms. The minimum absolute atomic E-state index is 0.264. The first-order valence-corrected chi connectivity index (χ1v) is 8.48. The highest BCUT2D eigenvalue weighted by atomic mass is 35.5. The van der Waals surface area contributed by atoms with Gasteiger partial charge in [-0.15, -0.1) is 11.6 Å². The average molecular weight is 342 g/mol. The number of alkyl halides is 1. The van der Waals surface area contributed by atoms with E-state index in [2.05, 4.69) is 24.8 Å². The van der Waals surface area contributed by atoms with Crippen LogP contribution >= 0.6 is 23.2 Å². The quantitative estimate of drug-likeness (QED) is 0.496. The van der Waals surface area contributed by atoms with Gasteiger partial charge >= 0.3 is 0 Å². The SMILES string of the molecule is ClCCOCCc1nc2c(N3CC4CC3C4)nc(Cl)nc2[nH]1. The van der Waals surface area contributed by atoms with Gasteiger partial charge in [0.25, 0.3) is 0 Å². The first-order chi connectivity index (χ1) is 10.7. The highest BCUT2D eigenvalue weighted by molar-refractivity contribution is 6.28. The number of ether oxygens (including phenoxy) is 1. The van der Waals surface area contributed by atoms with Crippen molar-refractivity contribution in [1.82, 2.24) is 19.9 Å². The van der Waals surface area contributed by atoms with Crippen LogP contribution in [-0.4, -0.2) is 51.6 Å². The standard InChI is InChI=1S/C14H17Cl2N5O/c15-2-4-22-3-1-10-17-11-12(18-10)19-14(16)20-13(11)21-7-8-5-9(21)6-8/h8-9H,1-7H2,(H,17,18,19,20). The second-order valence-corrected chi connectivity index (χ2v) is 6.61. The second-order valence-electron chi connectivity index (χ2n) is 5.89. The number of rotatable bonds is 6. The van der Waals surface area contributed by atoms with Gasteiger partial charge in [0.1, 0.15) is 5.82 Å². The Hall–Kier alpha value is -1.11. The maximum Gasteiger partial charge on any atom is 0.226 e. The van der Waals surface area contributed by atoms with Crippen LogP contribution in [0, 0.1) is 5.92 Å². The molecule has 5 rings (SSSR count). The highest BCUT2D eigenvalue weighted by Gasteiger charge is 2.44. The minimum Gasteiger partial charge on any atom is -0.380 e. The summed E-state index contributed by atoms with van der Waals surface area (Å²) in [5, 5.41) is 0.264. The molecular formula is C14H17Cl2N5O. The number of nitrogens with zero attached hydrogens (tertiary/aromatic N) is 4. The minimum atomic E-state index is 0.264. The maximum atomic E-state index is 6.08. The van der Waals surface area contributed by atoms with E-state index in [9.17, 15) is 0 Å². The van der Waals surface area contributed by atoms with Gasteiger partial charge in [-0.05, 0) is 30.4 Å². The molecule has 3 aliphatic rings. The number of hydrogen-bond acceptors (Lipinski definition) is 5. The van der Waals surface area contributed by atoms with Crippen LogP contribution in [0.3, 0.4) is 0 Å². The molecule has 0 spiro atoms. The number of nitrogens with one attached hydrogen (secondary N) is 1. The van der Waals surface area contributed by atoms with E-state index < -0.39 is 0 Å². The van der Waals surface area contributed by atoms with Gasteiger partial charge in [0, 0.05) is 24.9 Å². The van der Waals surface area contributed by atoms with Gasteiger partial charge in [0.15, 0.2) is 17.0 Å². The summed E-state index contributed by atoms with van der Waals surface area (Å²) < 4.78 is 5.40. The molecule has 3 fully saturated rings. The van der Waals surface area contributed by atoms with Crippen LogP contribution < -0.4 is 4.90 Å². The lowest BCUT2D eigenvalue weighted by Crippen LogP contribution is -2.29. The van der Waals surface area contributed by atoms with E-state index in [-0.39, 0.29) is 5.28 Å². The number of imidazole rings is 1. The van der Waals surface area contributed by atoms with Crippen LogP contribution in [0.5, 0.6) is 0 Å². The van der Waals surface area contributed by atoms with Crippen LogP contribution in [0.25, 0.3) is 11.2 Å². The van der Waals surface area contributed by atoms with Gasteiger partial charge in [0.05, 0.1) is 13.2 Å². The lowest BCUT2D eigenvalue weighted by Gasteiger charge is -2.26. The van der Waals surface area contributed by atoms with Crippen molar-refractivity contribution >= 4 is 40.2 Å². The van der Waals surface area contributed by atoms with Crippen LogP contribution in [0.15, 0.2) is 0 Å². The van der Waals surface area contributed by atoms with E-state index >= 15 is 0 Å². The third-order valence-electron chi connectivity index (χ3n) is 4.43. The van der Waals surface area contributed by atoms with Gasteiger partial charge in [0.2, 0.25) is 5.28 Å². The highest BCUT2D eigenvalue weighted by Crippen LogP contribution is 2.44. The summed E-state index contributed by atoms with van der Waals surface area (Å²) in [4.78, 5) is 18.9. The fourth-order valence-electron chi connectivity index (χ4n) is 3.34. The maximum absolute atomic E-state index is 6.08. The molecule has 2 saturated heterocycles. The van der Waals surface area contributed by atoms with E-state index in [0.717, 1.165) is 29.6 Å². The Balaban J connectivity index is 1.60. The molecular weight excluding hydrogens is 325 g/mol. The predicted molar refractivity (Wildman–Crippen MR) is 85.8 cm³/mol. The number of anilines is 1. The summed E-state index contributed by atoms with van der Waals surface area (Å²) in [7, 11) is 0. The number of aromatic amines is 1. The molecule has 6 nitrogen and oxygen atoms in total. The van der Waals surface area contributed by atoms with Crippen molar-refractivity contribution < 1.29 is 4.74 Å². The molecule has 0 atom stereocenters. The molecule has 2 aromatic heterocycles. The summed E-state index contributed by atoms with van der Waals surface area (Å²) in [6.07, 6.45) is 3.20. The molecule has 0 aromatic carbocycles. The van der Waals surface area contributed by atoms with Crippen molar-refractivity contribution in [1.29, 1.82) is 0 Å². The van der Waals surface area contributed by atoms with Crippen molar-refractivity contribution in [2.24, 2.45) is 5.92 Å².